The lowest BCUT2D eigenvalue weighted by atomic mass is 9.78. The summed E-state index contributed by atoms with van der Waals surface area (Å²) in [4.78, 5) is 26.4. The van der Waals surface area contributed by atoms with Gasteiger partial charge in [0, 0.05) is 23.8 Å². The maximum atomic E-state index is 14.0. The van der Waals surface area contributed by atoms with Crippen molar-refractivity contribution >= 4 is 22.8 Å². The van der Waals surface area contributed by atoms with Crippen molar-refractivity contribution in [2.24, 2.45) is 0 Å². The Bertz CT molecular complexity index is 1350. The zero-order valence-corrected chi connectivity index (χ0v) is 21.1. The van der Waals surface area contributed by atoms with Gasteiger partial charge in [0.25, 0.3) is 5.91 Å². The van der Waals surface area contributed by atoms with E-state index in [2.05, 4.69) is 10.6 Å². The minimum Gasteiger partial charge on any atom is -0.493 e. The van der Waals surface area contributed by atoms with Crippen LogP contribution >= 0.6 is 0 Å². The molecule has 2 fully saturated rings. The number of benzene rings is 2. The van der Waals surface area contributed by atoms with Gasteiger partial charge in [0.15, 0.2) is 17.3 Å². The third-order valence-corrected chi connectivity index (χ3v) is 7.50. The first kappa shape index (κ1) is 25.0. The first-order chi connectivity index (χ1) is 17.6. The van der Waals surface area contributed by atoms with Crippen LogP contribution in [-0.4, -0.2) is 43.0 Å². The molecule has 196 valence electrons. The van der Waals surface area contributed by atoms with Crippen molar-refractivity contribution in [2.75, 3.05) is 14.2 Å². The molecule has 1 aromatic heterocycles. The van der Waals surface area contributed by atoms with E-state index in [0.717, 1.165) is 24.0 Å². The average Bonchev–Trinajstić information content (AvgIpc) is 3.44. The van der Waals surface area contributed by atoms with Gasteiger partial charge in [-0.05, 0) is 68.0 Å². The molecule has 1 heterocycles. The molecule has 2 saturated carbocycles. The molecule has 0 radical (unpaired) electrons. The number of furan rings is 1. The van der Waals surface area contributed by atoms with Crippen LogP contribution in [0, 0.1) is 0 Å². The van der Waals surface area contributed by atoms with E-state index in [1.807, 2.05) is 37.3 Å². The highest BCUT2D eigenvalue weighted by Crippen LogP contribution is 2.41. The molecule has 5 rings (SSSR count). The van der Waals surface area contributed by atoms with E-state index in [0.29, 0.717) is 22.5 Å². The summed E-state index contributed by atoms with van der Waals surface area (Å²) in [6.07, 6.45) is 0.433. The van der Waals surface area contributed by atoms with E-state index in [4.69, 9.17) is 13.9 Å². The molecule has 2 aliphatic rings. The number of methoxy groups -OCH3 is 2. The normalized spacial score (nSPS) is 19.2. The molecule has 2 N–H and O–H groups in total. The molecule has 3 aromatic rings. The number of fused-ring (bicyclic) bond motifs is 1. The predicted molar refractivity (Wildman–Crippen MR) is 134 cm³/mol. The molecule has 0 spiro atoms. The van der Waals surface area contributed by atoms with Crippen LogP contribution in [0.4, 0.5) is 8.78 Å². The number of halogens is 2. The van der Waals surface area contributed by atoms with Crippen molar-refractivity contribution < 1.29 is 32.3 Å². The highest BCUT2D eigenvalue weighted by atomic mass is 19.3. The van der Waals surface area contributed by atoms with E-state index < -0.39 is 36.1 Å². The summed E-state index contributed by atoms with van der Waals surface area (Å²) in [7, 11) is 3.13. The Balaban J connectivity index is 1.40. The number of carbonyl (C=O) groups excluding carboxylic acids is 2. The summed E-state index contributed by atoms with van der Waals surface area (Å²) in [6, 6.07) is 12.7. The lowest BCUT2D eigenvalue weighted by molar-refractivity contribution is -0.133. The number of nitrogens with one attached hydrogen (secondary N) is 2. The standard InChI is InChI=1S/C28H30F2N2O5/c1-26(8-9-26)32-25(34)27(10-12-28(29,30)13-11-27)31-24(33)23-16-19-5-4-17(14-21(19)37-23)18-6-7-20(35-2)22(15-18)36-3/h4-7,14-16H,8-13H2,1-3H3,(H,31,33)(H,32,34). The summed E-state index contributed by atoms with van der Waals surface area (Å²) >= 11 is 0. The van der Waals surface area contributed by atoms with Gasteiger partial charge >= 0.3 is 0 Å². The predicted octanol–water partition coefficient (Wildman–Crippen LogP) is 5.46. The maximum Gasteiger partial charge on any atom is 0.287 e. The number of ether oxygens (including phenoxy) is 2. The molecule has 0 atom stereocenters. The molecule has 0 unspecified atom stereocenters. The van der Waals surface area contributed by atoms with Crippen LogP contribution in [0.25, 0.3) is 22.1 Å². The molecule has 0 bridgehead atoms. The van der Waals surface area contributed by atoms with Gasteiger partial charge in [0.2, 0.25) is 11.8 Å². The third-order valence-electron chi connectivity index (χ3n) is 7.50. The van der Waals surface area contributed by atoms with Crippen molar-refractivity contribution in [3.05, 3.63) is 48.2 Å². The van der Waals surface area contributed by atoms with Crippen molar-refractivity contribution in [1.29, 1.82) is 0 Å². The Morgan fingerprint density at radius 3 is 2.14 bits per heavy atom. The number of carbonyl (C=O) groups is 2. The van der Waals surface area contributed by atoms with E-state index in [1.165, 1.54) is 0 Å². The first-order valence-electron chi connectivity index (χ1n) is 12.3. The van der Waals surface area contributed by atoms with Crippen LogP contribution in [0.5, 0.6) is 11.5 Å². The molecule has 37 heavy (non-hydrogen) atoms. The van der Waals surface area contributed by atoms with Gasteiger partial charge in [0.1, 0.15) is 11.1 Å². The number of alkyl halides is 2. The molecule has 2 aromatic carbocycles. The van der Waals surface area contributed by atoms with Crippen LogP contribution in [0.2, 0.25) is 0 Å². The summed E-state index contributed by atoms with van der Waals surface area (Å²) in [5.74, 6) is -2.66. The third kappa shape index (κ3) is 4.99. The molecule has 7 nitrogen and oxygen atoms in total. The second kappa shape index (κ2) is 9.04. The lowest BCUT2D eigenvalue weighted by Gasteiger charge is -2.39. The van der Waals surface area contributed by atoms with Crippen LogP contribution in [-0.2, 0) is 4.79 Å². The second-order valence-corrected chi connectivity index (χ2v) is 10.3. The topological polar surface area (TPSA) is 89.8 Å². The SMILES string of the molecule is COc1ccc(-c2ccc3cc(C(=O)NC4(C(=O)NC5(C)CC5)CCC(F)(F)CC4)oc3c2)cc1OC. The summed E-state index contributed by atoms with van der Waals surface area (Å²) in [5.41, 5.74) is 0.451. The van der Waals surface area contributed by atoms with Crippen molar-refractivity contribution in [3.8, 4) is 22.6 Å². The van der Waals surface area contributed by atoms with Gasteiger partial charge in [-0.1, -0.05) is 18.2 Å². The molecule has 0 saturated heterocycles. The lowest BCUT2D eigenvalue weighted by Crippen LogP contribution is -2.62. The van der Waals surface area contributed by atoms with Crippen molar-refractivity contribution in [2.45, 2.75) is 62.4 Å². The minimum absolute atomic E-state index is 0.0154. The molecule has 2 aliphatic carbocycles. The first-order valence-corrected chi connectivity index (χ1v) is 12.3. The zero-order chi connectivity index (χ0) is 26.4. The fraction of sp³-hybridized carbons (Fsp3) is 0.429. The Kier molecular flexibility index (Phi) is 6.12. The van der Waals surface area contributed by atoms with E-state index in [9.17, 15) is 18.4 Å². The van der Waals surface area contributed by atoms with Gasteiger partial charge in [-0.3, -0.25) is 9.59 Å². The van der Waals surface area contributed by atoms with E-state index in [1.54, 1.807) is 26.4 Å². The quantitative estimate of drug-likeness (QED) is 0.439. The number of amides is 2. The largest absolute Gasteiger partial charge is 0.493 e. The minimum atomic E-state index is -2.85. The fourth-order valence-electron chi connectivity index (χ4n) is 4.77. The van der Waals surface area contributed by atoms with E-state index in [-0.39, 0.29) is 24.1 Å². The van der Waals surface area contributed by atoms with Gasteiger partial charge < -0.3 is 24.5 Å². The van der Waals surface area contributed by atoms with E-state index >= 15 is 0 Å². The highest BCUT2D eigenvalue weighted by molar-refractivity contribution is 6.00. The van der Waals surface area contributed by atoms with Gasteiger partial charge in [0.05, 0.1) is 14.2 Å². The number of hydrogen-bond donors (Lipinski definition) is 2. The molecule has 0 aliphatic heterocycles. The van der Waals surface area contributed by atoms with Crippen molar-refractivity contribution in [1.82, 2.24) is 10.6 Å². The van der Waals surface area contributed by atoms with Gasteiger partial charge in [-0.15, -0.1) is 0 Å². The Morgan fingerprint density at radius 1 is 0.838 bits per heavy atom. The van der Waals surface area contributed by atoms with Crippen LogP contribution < -0.4 is 20.1 Å². The average molecular weight is 513 g/mol. The second-order valence-electron chi connectivity index (χ2n) is 10.3. The van der Waals surface area contributed by atoms with Crippen LogP contribution in [0.15, 0.2) is 46.9 Å². The number of rotatable bonds is 7. The Labute approximate surface area is 213 Å². The van der Waals surface area contributed by atoms with Crippen LogP contribution in [0.3, 0.4) is 0 Å². The molecule has 2 amide bonds. The van der Waals surface area contributed by atoms with Gasteiger partial charge in [-0.25, -0.2) is 8.78 Å². The Hall–Kier alpha value is -3.62. The van der Waals surface area contributed by atoms with Crippen LogP contribution in [0.1, 0.15) is 56.0 Å². The molecule has 9 heteroatoms. The fourth-order valence-corrected chi connectivity index (χ4v) is 4.77. The summed E-state index contributed by atoms with van der Waals surface area (Å²) < 4.78 is 44.5. The van der Waals surface area contributed by atoms with Gasteiger partial charge in [-0.2, -0.15) is 0 Å². The maximum absolute atomic E-state index is 14.0. The molecular formula is C28H30F2N2O5. The summed E-state index contributed by atoms with van der Waals surface area (Å²) in [6.45, 7) is 1.91. The van der Waals surface area contributed by atoms with Crippen molar-refractivity contribution in [3.63, 3.8) is 0 Å². The Morgan fingerprint density at radius 2 is 1.49 bits per heavy atom. The monoisotopic (exact) mass is 512 g/mol. The molecular weight excluding hydrogens is 482 g/mol. The summed E-state index contributed by atoms with van der Waals surface area (Å²) in [5, 5.41) is 6.41. The highest BCUT2D eigenvalue weighted by Gasteiger charge is 2.51. The zero-order valence-electron chi connectivity index (χ0n) is 21.1. The smallest absolute Gasteiger partial charge is 0.287 e. The number of hydrogen-bond acceptors (Lipinski definition) is 5.